The van der Waals surface area contributed by atoms with Crippen LogP contribution in [0.25, 0.3) is 0 Å². The topological polar surface area (TPSA) is 88.8 Å². The average molecular weight is 276 g/mol. The van der Waals surface area contributed by atoms with Gasteiger partial charge in [-0.1, -0.05) is 25.4 Å². The molecule has 2 rings (SSSR count). The molecule has 2 aromatic rings. The normalized spacial score (nSPS) is 10.5. The molecule has 0 amide bonds. The molecule has 2 heterocycles. The highest BCUT2D eigenvalue weighted by molar-refractivity contribution is 5.57. The SMILES string of the molecule is CCCNc1ncnc(NCc2ncon2)c1CCC. The third kappa shape index (κ3) is 3.66. The standard InChI is InChI=1S/C13H20N6O/c1-3-5-10-12(14-6-4-2)16-8-17-13(10)15-7-11-18-9-20-19-11/h8-9H,3-7H2,1-2H3,(H2,14,15,16,17). The fourth-order valence-electron chi connectivity index (χ4n) is 1.88. The molecule has 7 nitrogen and oxygen atoms in total. The second-order valence-corrected chi connectivity index (χ2v) is 4.43. The lowest BCUT2D eigenvalue weighted by Gasteiger charge is -2.14. The van der Waals surface area contributed by atoms with Crippen LogP contribution in [0.15, 0.2) is 17.2 Å². The first-order chi connectivity index (χ1) is 9.85. The van der Waals surface area contributed by atoms with Gasteiger partial charge in [0, 0.05) is 12.1 Å². The van der Waals surface area contributed by atoms with Gasteiger partial charge in [-0.25, -0.2) is 9.97 Å². The maximum absolute atomic E-state index is 4.71. The van der Waals surface area contributed by atoms with Crippen molar-refractivity contribution in [1.29, 1.82) is 0 Å². The summed E-state index contributed by atoms with van der Waals surface area (Å²) in [5.74, 6) is 2.33. The molecule has 0 aliphatic heterocycles. The molecule has 0 fully saturated rings. The Bertz CT molecular complexity index is 514. The van der Waals surface area contributed by atoms with E-state index < -0.39 is 0 Å². The van der Waals surface area contributed by atoms with Crippen molar-refractivity contribution in [3.8, 4) is 0 Å². The first-order valence-electron chi connectivity index (χ1n) is 6.92. The Balaban J connectivity index is 2.13. The van der Waals surface area contributed by atoms with Crippen LogP contribution in [-0.2, 0) is 13.0 Å². The predicted octanol–water partition coefficient (Wildman–Crippen LogP) is 2.25. The molecule has 108 valence electrons. The minimum Gasteiger partial charge on any atom is -0.370 e. The van der Waals surface area contributed by atoms with Crippen molar-refractivity contribution in [1.82, 2.24) is 20.1 Å². The van der Waals surface area contributed by atoms with Crippen molar-refractivity contribution in [2.45, 2.75) is 39.7 Å². The van der Waals surface area contributed by atoms with E-state index in [0.29, 0.717) is 12.4 Å². The van der Waals surface area contributed by atoms with E-state index in [1.54, 1.807) is 6.33 Å². The Morgan fingerprint density at radius 2 is 1.85 bits per heavy atom. The summed E-state index contributed by atoms with van der Waals surface area (Å²) >= 11 is 0. The van der Waals surface area contributed by atoms with E-state index in [-0.39, 0.29) is 0 Å². The van der Waals surface area contributed by atoms with E-state index in [2.05, 4.69) is 44.6 Å². The zero-order valence-electron chi connectivity index (χ0n) is 11.9. The molecule has 0 bridgehead atoms. The van der Waals surface area contributed by atoms with Gasteiger partial charge in [-0.2, -0.15) is 4.98 Å². The molecule has 0 spiro atoms. The van der Waals surface area contributed by atoms with E-state index in [1.165, 1.54) is 6.39 Å². The number of aromatic nitrogens is 4. The number of anilines is 2. The van der Waals surface area contributed by atoms with Gasteiger partial charge >= 0.3 is 0 Å². The summed E-state index contributed by atoms with van der Waals surface area (Å²) < 4.78 is 4.71. The van der Waals surface area contributed by atoms with E-state index in [1.807, 2.05) is 0 Å². The second-order valence-electron chi connectivity index (χ2n) is 4.43. The van der Waals surface area contributed by atoms with Crippen LogP contribution in [0, 0.1) is 0 Å². The lowest BCUT2D eigenvalue weighted by Crippen LogP contribution is -2.11. The van der Waals surface area contributed by atoms with Gasteiger partial charge in [0.25, 0.3) is 0 Å². The van der Waals surface area contributed by atoms with Crippen molar-refractivity contribution in [2.75, 3.05) is 17.2 Å². The summed E-state index contributed by atoms with van der Waals surface area (Å²) in [7, 11) is 0. The highest BCUT2D eigenvalue weighted by Gasteiger charge is 2.11. The molecule has 20 heavy (non-hydrogen) atoms. The van der Waals surface area contributed by atoms with Crippen LogP contribution in [-0.4, -0.2) is 26.7 Å². The molecule has 0 saturated carbocycles. The molecule has 0 aliphatic carbocycles. The molecular formula is C13H20N6O. The van der Waals surface area contributed by atoms with Gasteiger partial charge in [0.2, 0.25) is 6.39 Å². The van der Waals surface area contributed by atoms with Gasteiger partial charge in [-0.15, -0.1) is 0 Å². The van der Waals surface area contributed by atoms with Gasteiger partial charge in [0.1, 0.15) is 18.0 Å². The quantitative estimate of drug-likeness (QED) is 0.764. The number of nitrogens with one attached hydrogen (secondary N) is 2. The highest BCUT2D eigenvalue weighted by atomic mass is 16.5. The number of hydrogen-bond donors (Lipinski definition) is 2. The fraction of sp³-hybridized carbons (Fsp3) is 0.538. The molecule has 0 unspecified atom stereocenters. The van der Waals surface area contributed by atoms with Crippen molar-refractivity contribution in [3.05, 3.63) is 24.1 Å². The first kappa shape index (κ1) is 14.2. The van der Waals surface area contributed by atoms with Crippen LogP contribution in [0.3, 0.4) is 0 Å². The van der Waals surface area contributed by atoms with E-state index in [4.69, 9.17) is 4.52 Å². The van der Waals surface area contributed by atoms with Crippen molar-refractivity contribution >= 4 is 11.6 Å². The molecule has 0 aromatic carbocycles. The smallest absolute Gasteiger partial charge is 0.213 e. The lowest BCUT2D eigenvalue weighted by atomic mass is 10.1. The summed E-state index contributed by atoms with van der Waals surface area (Å²) in [5, 5.41) is 10.4. The predicted molar refractivity (Wildman–Crippen MR) is 76.4 cm³/mol. The molecule has 0 aliphatic rings. The highest BCUT2D eigenvalue weighted by Crippen LogP contribution is 2.22. The molecule has 2 N–H and O–H groups in total. The first-order valence-corrected chi connectivity index (χ1v) is 6.92. The molecular weight excluding hydrogens is 256 g/mol. The Hall–Kier alpha value is -2.18. The minimum atomic E-state index is 0.484. The van der Waals surface area contributed by atoms with Crippen LogP contribution in [0.1, 0.15) is 38.1 Å². The Morgan fingerprint density at radius 1 is 1.05 bits per heavy atom. The minimum absolute atomic E-state index is 0.484. The molecule has 0 saturated heterocycles. The third-order valence-corrected chi connectivity index (χ3v) is 2.81. The van der Waals surface area contributed by atoms with Crippen LogP contribution in [0.2, 0.25) is 0 Å². The van der Waals surface area contributed by atoms with Crippen LogP contribution in [0.4, 0.5) is 11.6 Å². The third-order valence-electron chi connectivity index (χ3n) is 2.81. The maximum atomic E-state index is 4.71. The summed E-state index contributed by atoms with van der Waals surface area (Å²) in [6.45, 7) is 5.65. The lowest BCUT2D eigenvalue weighted by molar-refractivity contribution is 0.411. The number of rotatable bonds is 8. The Morgan fingerprint density at radius 3 is 2.50 bits per heavy atom. The molecule has 2 aromatic heterocycles. The van der Waals surface area contributed by atoms with Gasteiger partial charge < -0.3 is 15.2 Å². The fourth-order valence-corrected chi connectivity index (χ4v) is 1.88. The largest absolute Gasteiger partial charge is 0.370 e. The van der Waals surface area contributed by atoms with E-state index in [9.17, 15) is 0 Å². The summed E-state index contributed by atoms with van der Waals surface area (Å²) in [5.41, 5.74) is 1.10. The van der Waals surface area contributed by atoms with Crippen LogP contribution >= 0.6 is 0 Å². The van der Waals surface area contributed by atoms with Gasteiger partial charge in [-0.05, 0) is 12.8 Å². The zero-order valence-corrected chi connectivity index (χ0v) is 11.9. The summed E-state index contributed by atoms with van der Waals surface area (Å²) in [6, 6.07) is 0. The molecule has 7 heteroatoms. The molecule has 0 radical (unpaired) electrons. The summed E-state index contributed by atoms with van der Waals surface area (Å²) in [4.78, 5) is 12.6. The Kier molecular flexibility index (Phi) is 5.28. The van der Waals surface area contributed by atoms with Crippen molar-refractivity contribution in [2.24, 2.45) is 0 Å². The summed E-state index contributed by atoms with van der Waals surface area (Å²) in [6.07, 6.45) is 5.89. The second kappa shape index (κ2) is 7.42. The van der Waals surface area contributed by atoms with Crippen molar-refractivity contribution in [3.63, 3.8) is 0 Å². The molecule has 0 atom stereocenters. The van der Waals surface area contributed by atoms with Gasteiger partial charge in [0.15, 0.2) is 5.82 Å². The van der Waals surface area contributed by atoms with Crippen LogP contribution < -0.4 is 10.6 Å². The average Bonchev–Trinajstić information content (AvgIpc) is 2.98. The van der Waals surface area contributed by atoms with Crippen molar-refractivity contribution < 1.29 is 4.52 Å². The van der Waals surface area contributed by atoms with E-state index in [0.717, 1.165) is 43.0 Å². The number of nitrogens with zero attached hydrogens (tertiary/aromatic N) is 4. The number of hydrogen-bond acceptors (Lipinski definition) is 7. The Labute approximate surface area is 118 Å². The monoisotopic (exact) mass is 276 g/mol. The van der Waals surface area contributed by atoms with E-state index >= 15 is 0 Å². The van der Waals surface area contributed by atoms with Gasteiger partial charge in [0.05, 0.1) is 6.54 Å². The maximum Gasteiger partial charge on any atom is 0.213 e. The van der Waals surface area contributed by atoms with Crippen LogP contribution in [0.5, 0.6) is 0 Å². The van der Waals surface area contributed by atoms with Gasteiger partial charge in [-0.3, -0.25) is 0 Å². The zero-order chi connectivity index (χ0) is 14.2.